The smallest absolute Gasteiger partial charge is 0.537 e. The molecule has 10 aromatic carbocycles. The minimum absolute atomic E-state index is 0.00261. The van der Waals surface area contributed by atoms with Gasteiger partial charge in [0.15, 0.2) is 0 Å². The molecule has 0 amide bonds. The molecule has 20 rings (SSSR count). The highest BCUT2D eigenvalue weighted by Crippen LogP contribution is 2.56. The molecule has 0 aliphatic heterocycles. The van der Waals surface area contributed by atoms with E-state index in [9.17, 15) is 0 Å². The average molecular weight is 1380 g/mol. The Kier molecular flexibility index (Phi) is 16.4. The normalized spacial score (nSPS) is 25.6. The molecule has 0 spiro atoms. The van der Waals surface area contributed by atoms with Crippen LogP contribution in [0.25, 0.3) is 88.3 Å². The molecule has 0 aromatic heterocycles. The first kappa shape index (κ1) is 64.0. The summed E-state index contributed by atoms with van der Waals surface area (Å²) < 4.78 is 6.22. The SMILES string of the molecule is Brc1cccc(C2=CC3C4C=CC=CC4C=CC3C3C=CC=CC23)c1.CC1(C)c2ccccc2-c2ccc(-c3ccc4cc(-c5cccc(C6=CC7C8C=CC=CC8C=CC7C7C=CC=CC67)c5)ccc4c3)cc21.CC1(C)c2ccccc2-c2ccc(-c3ccc4cc(O[B]O)ccc4c3)cc21. The summed E-state index contributed by atoms with van der Waals surface area (Å²) in [4.78, 5) is 0. The summed E-state index contributed by atoms with van der Waals surface area (Å²) in [6.07, 6.45) is 52.3. The molecule has 0 bridgehead atoms. The van der Waals surface area contributed by atoms with Gasteiger partial charge in [0.25, 0.3) is 0 Å². The van der Waals surface area contributed by atoms with Crippen LogP contribution in [0.15, 0.2) is 344 Å². The monoisotopic (exact) mass is 1380 g/mol. The van der Waals surface area contributed by atoms with Crippen molar-refractivity contribution in [1.29, 1.82) is 0 Å². The molecule has 1 N–H and O–H groups in total. The lowest BCUT2D eigenvalue weighted by atomic mass is 9.57. The van der Waals surface area contributed by atoms with Crippen LogP contribution in [0.1, 0.15) is 61.1 Å². The van der Waals surface area contributed by atoms with Gasteiger partial charge in [0.1, 0.15) is 5.75 Å². The lowest BCUT2D eigenvalue weighted by Crippen LogP contribution is -2.39. The largest absolute Gasteiger partial charge is 0.569 e. The first-order valence-electron chi connectivity index (χ1n) is 36.7. The van der Waals surface area contributed by atoms with Gasteiger partial charge in [-0.15, -0.1) is 0 Å². The van der Waals surface area contributed by atoms with Crippen LogP contribution in [0.4, 0.5) is 0 Å². The van der Waals surface area contributed by atoms with Gasteiger partial charge in [-0.05, 0) is 230 Å². The van der Waals surface area contributed by atoms with E-state index in [1.54, 1.807) is 0 Å². The van der Waals surface area contributed by atoms with Crippen LogP contribution in [0.5, 0.6) is 5.75 Å². The van der Waals surface area contributed by atoms with Gasteiger partial charge < -0.3 is 9.68 Å². The Bertz CT molecular complexity index is 5440. The molecule has 102 heavy (non-hydrogen) atoms. The zero-order chi connectivity index (χ0) is 68.8. The number of allylic oxidation sites excluding steroid dienone is 24. The lowest BCUT2D eigenvalue weighted by Gasteiger charge is -2.46. The highest BCUT2D eigenvalue weighted by atomic mass is 79.9. The Morgan fingerprint density at radius 1 is 0.304 bits per heavy atom. The minimum Gasteiger partial charge on any atom is -0.537 e. The lowest BCUT2D eigenvalue weighted by molar-refractivity contribution is 0.236. The predicted octanol–water partition coefficient (Wildman–Crippen LogP) is 24.5. The van der Waals surface area contributed by atoms with Crippen molar-refractivity contribution in [3.05, 3.63) is 378 Å². The number of halogens is 1. The third kappa shape index (κ3) is 11.3. The highest BCUT2D eigenvalue weighted by Gasteiger charge is 2.46. The number of hydrogen-bond acceptors (Lipinski definition) is 2. The zero-order valence-corrected chi connectivity index (χ0v) is 59.7. The van der Waals surface area contributed by atoms with Crippen LogP contribution in [0.2, 0.25) is 0 Å². The fraction of sp³-hybridized carbons (Fsp3) is 0.184. The fourth-order valence-corrected chi connectivity index (χ4v) is 19.6. The van der Waals surface area contributed by atoms with E-state index in [0.29, 0.717) is 84.4 Å². The predicted molar refractivity (Wildman–Crippen MR) is 431 cm³/mol. The maximum atomic E-state index is 8.82. The van der Waals surface area contributed by atoms with E-state index in [-0.39, 0.29) is 10.8 Å². The van der Waals surface area contributed by atoms with E-state index in [4.69, 9.17) is 9.68 Å². The first-order valence-corrected chi connectivity index (χ1v) is 37.5. The van der Waals surface area contributed by atoms with Crippen LogP contribution < -0.4 is 4.65 Å². The maximum absolute atomic E-state index is 8.82. The topological polar surface area (TPSA) is 29.5 Å². The van der Waals surface area contributed by atoms with E-state index < -0.39 is 0 Å². The third-order valence-electron chi connectivity index (χ3n) is 24.4. The van der Waals surface area contributed by atoms with Gasteiger partial charge in [-0.1, -0.05) is 323 Å². The molecule has 0 fully saturated rings. The Morgan fingerprint density at radius 2 is 0.696 bits per heavy atom. The van der Waals surface area contributed by atoms with Crippen LogP contribution in [-0.4, -0.2) is 12.7 Å². The number of rotatable bonds is 7. The zero-order valence-electron chi connectivity index (χ0n) is 58.1. The number of benzene rings is 10. The molecule has 4 heteroatoms. The molecule has 0 heterocycles. The van der Waals surface area contributed by atoms with Crippen molar-refractivity contribution in [2.45, 2.75) is 38.5 Å². The summed E-state index contributed by atoms with van der Waals surface area (Å²) in [6.45, 7) is 9.33. The molecule has 2 nitrogen and oxygen atoms in total. The Labute approximate surface area is 610 Å². The van der Waals surface area contributed by atoms with Gasteiger partial charge in [-0.25, -0.2) is 0 Å². The number of hydrogen-bond donors (Lipinski definition) is 1. The van der Waals surface area contributed by atoms with Crippen LogP contribution in [0, 0.1) is 71.0 Å². The van der Waals surface area contributed by atoms with E-state index >= 15 is 0 Å². The molecule has 12 atom stereocenters. The van der Waals surface area contributed by atoms with E-state index in [1.807, 2.05) is 18.2 Å². The Morgan fingerprint density at radius 3 is 1.20 bits per heavy atom. The van der Waals surface area contributed by atoms with Crippen LogP contribution in [-0.2, 0) is 10.8 Å². The average Bonchev–Trinajstić information content (AvgIpc) is 1.67. The molecule has 10 aromatic rings. The molecule has 10 aliphatic carbocycles. The Hall–Kier alpha value is -10.1. The molecule has 0 saturated carbocycles. The van der Waals surface area contributed by atoms with Crippen LogP contribution in [0.3, 0.4) is 0 Å². The standard InChI is InChI=1S/C49H40.C25H20BO2.C24H21Br/c1-49(2)47-17-8-7-16-43(47)44-25-23-37(29-48(44)49)36-21-20-34-26-33(18-19-35(34)27-36)32-11-9-12-38(28-32)45-30-46-39-13-4-3-10-31(39)22-24-42(46)40-14-5-6-15-41(40)45;1-25(2)23-6-4-3-5-21(23)22-12-10-19(15-24(22)25)16-7-8-18-14-20(28-26-27)11-9-17(18)13-16;25-18-8-5-7-17(14-18)23-15-24-19-9-2-1-6-16(19)12-13-22(24)20-10-3-4-11-21(20)23/h3-31,39-42,46H,1-2H3;3-15,27H,1-2H3;1-16,19-22,24H. The summed E-state index contributed by atoms with van der Waals surface area (Å²) in [7, 11) is 0.708. The van der Waals surface area contributed by atoms with E-state index in [1.165, 1.54) is 111 Å². The molecular weight excluding hydrogens is 1300 g/mol. The first-order chi connectivity index (χ1) is 49.9. The molecule has 12 unspecified atom stereocenters. The van der Waals surface area contributed by atoms with Crippen molar-refractivity contribution >= 4 is 56.3 Å². The third-order valence-corrected chi connectivity index (χ3v) is 24.9. The second-order valence-corrected chi connectivity index (χ2v) is 31.5. The molecule has 495 valence electrons. The number of fused-ring (bicyclic) bond motifs is 18. The van der Waals surface area contributed by atoms with Crippen molar-refractivity contribution in [1.82, 2.24) is 0 Å². The van der Waals surface area contributed by atoms with Gasteiger partial charge in [0, 0.05) is 39.0 Å². The fourth-order valence-electron chi connectivity index (χ4n) is 19.2. The Balaban J connectivity index is 0.000000119. The molecule has 10 aliphatic rings. The van der Waals surface area contributed by atoms with Crippen molar-refractivity contribution < 1.29 is 9.68 Å². The van der Waals surface area contributed by atoms with E-state index in [0.717, 1.165) is 15.2 Å². The van der Waals surface area contributed by atoms with Crippen molar-refractivity contribution in [2.24, 2.45) is 71.0 Å². The van der Waals surface area contributed by atoms with Gasteiger partial charge in [-0.2, -0.15) is 0 Å². The van der Waals surface area contributed by atoms with Crippen LogP contribution >= 0.6 is 15.9 Å². The van der Waals surface area contributed by atoms with Gasteiger partial charge >= 0.3 is 7.69 Å². The second-order valence-electron chi connectivity index (χ2n) is 30.6. The van der Waals surface area contributed by atoms with Crippen molar-refractivity contribution in [2.75, 3.05) is 0 Å². The second kappa shape index (κ2) is 26.1. The molecule has 1 radical (unpaired) electrons. The molecular formula is C98H81BBrO2. The molecule has 0 saturated heterocycles. The van der Waals surface area contributed by atoms with Gasteiger partial charge in [0.2, 0.25) is 0 Å². The summed E-state index contributed by atoms with van der Waals surface area (Å²) >= 11 is 3.65. The van der Waals surface area contributed by atoms with E-state index in [2.05, 4.69) is 365 Å². The summed E-state index contributed by atoms with van der Waals surface area (Å²) in [5, 5.41) is 13.6. The maximum Gasteiger partial charge on any atom is 0.569 e. The van der Waals surface area contributed by atoms with Gasteiger partial charge in [-0.3, -0.25) is 0 Å². The summed E-state index contributed by atoms with van der Waals surface area (Å²) in [5.41, 5.74) is 24.3. The quantitative estimate of drug-likeness (QED) is 0.127. The summed E-state index contributed by atoms with van der Waals surface area (Å²) in [6, 6.07) is 75.7. The highest BCUT2D eigenvalue weighted by molar-refractivity contribution is 9.10. The van der Waals surface area contributed by atoms with Crippen molar-refractivity contribution in [3.8, 4) is 61.4 Å². The minimum atomic E-state index is 0.00261. The van der Waals surface area contributed by atoms with Gasteiger partial charge in [0.05, 0.1) is 0 Å². The van der Waals surface area contributed by atoms with Crippen molar-refractivity contribution in [3.63, 3.8) is 0 Å². The summed E-state index contributed by atoms with van der Waals surface area (Å²) in [5.74, 6) is 6.94.